The molecule has 0 bridgehead atoms. The smallest absolute Gasteiger partial charge is 0.331 e. The summed E-state index contributed by atoms with van der Waals surface area (Å²) in [4.78, 5) is 47.0. The van der Waals surface area contributed by atoms with E-state index in [0.717, 1.165) is 21.0 Å². The van der Waals surface area contributed by atoms with Gasteiger partial charge in [0.15, 0.2) is 0 Å². The predicted octanol–water partition coefficient (Wildman–Crippen LogP) is -1.07. The molecule has 0 radical (unpaired) electrons. The van der Waals surface area contributed by atoms with Crippen LogP contribution in [0.3, 0.4) is 0 Å². The first-order chi connectivity index (χ1) is 9.95. The van der Waals surface area contributed by atoms with Crippen molar-refractivity contribution in [2.24, 2.45) is 14.1 Å². The van der Waals surface area contributed by atoms with Crippen LogP contribution in [0.1, 0.15) is 12.5 Å². The molecule has 2 heterocycles. The highest BCUT2D eigenvalue weighted by molar-refractivity contribution is 6.07. The lowest BCUT2D eigenvalue weighted by Gasteiger charge is -2.29. The van der Waals surface area contributed by atoms with Crippen molar-refractivity contribution < 1.29 is 22.8 Å². The highest BCUT2D eigenvalue weighted by Crippen LogP contribution is 2.44. The van der Waals surface area contributed by atoms with Gasteiger partial charge in [-0.25, -0.2) is 4.79 Å². The van der Waals surface area contributed by atoms with Crippen molar-refractivity contribution >= 4 is 17.6 Å². The minimum Gasteiger partial charge on any atom is -0.331 e. The molecule has 8 nitrogen and oxygen atoms in total. The first-order valence-electron chi connectivity index (χ1n) is 5.92. The number of hydrogen-bond acceptors (Lipinski definition) is 4. The van der Waals surface area contributed by atoms with Crippen molar-refractivity contribution in [2.75, 3.05) is 5.32 Å². The van der Waals surface area contributed by atoms with Gasteiger partial charge in [-0.05, 0) is 0 Å². The number of hydrogen-bond donors (Lipinski definition) is 2. The SMILES string of the molecule is CC(=O)N[C@@]1(C(F)(F)F)C(=O)Nc2c1c(=O)n(C)c(=O)n2C. The molecule has 0 saturated carbocycles. The minimum atomic E-state index is -5.28. The van der Waals surface area contributed by atoms with Crippen LogP contribution in [0.25, 0.3) is 0 Å². The van der Waals surface area contributed by atoms with Gasteiger partial charge in [-0.2, -0.15) is 13.2 Å². The number of nitrogens with one attached hydrogen (secondary N) is 2. The average molecular weight is 320 g/mol. The molecule has 0 aromatic carbocycles. The molecule has 2 rings (SSSR count). The van der Waals surface area contributed by atoms with E-state index in [9.17, 15) is 32.3 Å². The molecule has 1 aliphatic heterocycles. The van der Waals surface area contributed by atoms with Gasteiger partial charge in [0, 0.05) is 21.0 Å². The third-order valence-corrected chi connectivity index (χ3v) is 3.40. The molecule has 22 heavy (non-hydrogen) atoms. The van der Waals surface area contributed by atoms with Crippen molar-refractivity contribution in [1.29, 1.82) is 0 Å². The Labute approximate surface area is 120 Å². The van der Waals surface area contributed by atoms with E-state index in [1.165, 1.54) is 5.32 Å². The summed E-state index contributed by atoms with van der Waals surface area (Å²) in [5.41, 5.74) is -6.80. The predicted molar refractivity (Wildman–Crippen MR) is 67.1 cm³/mol. The highest BCUT2D eigenvalue weighted by Gasteiger charge is 2.68. The van der Waals surface area contributed by atoms with Crippen LogP contribution in [-0.4, -0.2) is 27.1 Å². The van der Waals surface area contributed by atoms with E-state index >= 15 is 0 Å². The van der Waals surface area contributed by atoms with Crippen molar-refractivity contribution in [2.45, 2.75) is 18.6 Å². The Kier molecular flexibility index (Phi) is 3.19. The van der Waals surface area contributed by atoms with Gasteiger partial charge in [0.2, 0.25) is 11.4 Å². The van der Waals surface area contributed by atoms with Crippen molar-refractivity contribution in [3.63, 3.8) is 0 Å². The number of nitrogens with zero attached hydrogens (tertiary/aromatic N) is 2. The standard InChI is InChI=1S/C11H11F3N4O4/c1-4(19)16-10(11(12,13)14)5-6(15-8(10)21)17(2)9(22)18(3)7(5)20/h1-3H3,(H,15,21)(H,16,19)/t10-/m1/s1. The normalized spacial score (nSPS) is 20.5. The van der Waals surface area contributed by atoms with E-state index in [-0.39, 0.29) is 0 Å². The molecule has 1 aromatic heterocycles. The second-order valence-electron chi connectivity index (χ2n) is 4.81. The highest BCUT2D eigenvalue weighted by atomic mass is 19.4. The maximum absolute atomic E-state index is 13.5. The maximum Gasteiger partial charge on any atom is 0.425 e. The first-order valence-corrected chi connectivity index (χ1v) is 5.92. The fraction of sp³-hybridized carbons (Fsp3) is 0.455. The number of rotatable bonds is 1. The van der Waals surface area contributed by atoms with Crippen LogP contribution in [-0.2, 0) is 29.2 Å². The average Bonchev–Trinajstić information content (AvgIpc) is 2.67. The molecule has 11 heteroatoms. The van der Waals surface area contributed by atoms with Gasteiger partial charge in [0.1, 0.15) is 11.4 Å². The molecule has 0 aliphatic carbocycles. The van der Waals surface area contributed by atoms with E-state index < -0.39 is 46.2 Å². The summed E-state index contributed by atoms with van der Waals surface area (Å²) in [6.45, 7) is 0.783. The largest absolute Gasteiger partial charge is 0.425 e. The summed E-state index contributed by atoms with van der Waals surface area (Å²) in [7, 11) is 2.07. The van der Waals surface area contributed by atoms with Crippen LogP contribution in [0.2, 0.25) is 0 Å². The van der Waals surface area contributed by atoms with Crippen LogP contribution >= 0.6 is 0 Å². The van der Waals surface area contributed by atoms with Crippen LogP contribution in [0.4, 0.5) is 19.0 Å². The summed E-state index contributed by atoms with van der Waals surface area (Å²) in [5.74, 6) is -3.40. The molecule has 1 atom stereocenters. The molecule has 2 N–H and O–H groups in total. The maximum atomic E-state index is 13.5. The Morgan fingerprint density at radius 1 is 1.18 bits per heavy atom. The van der Waals surface area contributed by atoms with Crippen LogP contribution < -0.4 is 21.9 Å². The number of halogens is 3. The first kappa shape index (κ1) is 15.8. The van der Waals surface area contributed by atoms with E-state index in [0.29, 0.717) is 9.13 Å². The summed E-state index contributed by atoms with van der Waals surface area (Å²) >= 11 is 0. The lowest BCUT2D eigenvalue weighted by atomic mass is 9.92. The summed E-state index contributed by atoms with van der Waals surface area (Å²) in [5, 5.41) is 3.36. The Bertz CT molecular complexity index is 807. The molecule has 120 valence electrons. The zero-order valence-corrected chi connectivity index (χ0v) is 11.7. The van der Waals surface area contributed by atoms with Gasteiger partial charge in [-0.1, -0.05) is 0 Å². The van der Waals surface area contributed by atoms with Gasteiger partial charge < -0.3 is 10.6 Å². The number of fused-ring (bicyclic) bond motifs is 1. The lowest BCUT2D eigenvalue weighted by molar-refractivity contribution is -0.200. The minimum absolute atomic E-state index is 0.432. The second kappa shape index (κ2) is 4.45. The molecule has 0 fully saturated rings. The molecule has 0 unspecified atom stereocenters. The topological polar surface area (TPSA) is 102 Å². The van der Waals surface area contributed by atoms with Crippen molar-refractivity contribution in [3.8, 4) is 0 Å². The van der Waals surface area contributed by atoms with Gasteiger partial charge in [0.25, 0.3) is 11.5 Å². The van der Waals surface area contributed by atoms with E-state index in [1.54, 1.807) is 0 Å². The van der Waals surface area contributed by atoms with Gasteiger partial charge >= 0.3 is 11.9 Å². The molecular formula is C11H11F3N4O4. The monoisotopic (exact) mass is 320 g/mol. The summed E-state index contributed by atoms with van der Waals surface area (Å²) in [6.07, 6.45) is -5.28. The summed E-state index contributed by atoms with van der Waals surface area (Å²) in [6, 6.07) is 0. The Morgan fingerprint density at radius 2 is 1.73 bits per heavy atom. The Hall–Kier alpha value is -2.59. The molecule has 1 aliphatic rings. The Morgan fingerprint density at radius 3 is 2.18 bits per heavy atom. The number of amides is 2. The van der Waals surface area contributed by atoms with E-state index in [2.05, 4.69) is 0 Å². The number of aromatic nitrogens is 2. The van der Waals surface area contributed by atoms with Gasteiger partial charge in [0.05, 0.1) is 0 Å². The van der Waals surface area contributed by atoms with E-state index in [4.69, 9.17) is 0 Å². The van der Waals surface area contributed by atoms with Crippen LogP contribution in [0.5, 0.6) is 0 Å². The van der Waals surface area contributed by atoms with Crippen molar-refractivity contribution in [1.82, 2.24) is 14.5 Å². The molecule has 0 spiro atoms. The number of carbonyl (C=O) groups excluding carboxylic acids is 2. The molecule has 1 aromatic rings. The third-order valence-electron chi connectivity index (χ3n) is 3.40. The zero-order chi connectivity index (χ0) is 17.0. The molecule has 0 saturated heterocycles. The lowest BCUT2D eigenvalue weighted by Crippen LogP contribution is -2.62. The zero-order valence-electron chi connectivity index (χ0n) is 11.7. The number of anilines is 1. The van der Waals surface area contributed by atoms with Gasteiger partial charge in [-0.3, -0.25) is 23.5 Å². The van der Waals surface area contributed by atoms with E-state index in [1.807, 2.05) is 5.32 Å². The number of carbonyl (C=O) groups is 2. The molecule has 2 amide bonds. The van der Waals surface area contributed by atoms with Gasteiger partial charge in [-0.15, -0.1) is 0 Å². The van der Waals surface area contributed by atoms with Crippen LogP contribution in [0.15, 0.2) is 9.59 Å². The third kappa shape index (κ3) is 1.77. The fourth-order valence-electron chi connectivity index (χ4n) is 2.37. The second-order valence-corrected chi connectivity index (χ2v) is 4.81. The molecular weight excluding hydrogens is 309 g/mol. The summed E-state index contributed by atoms with van der Waals surface area (Å²) < 4.78 is 41.7. The Balaban J connectivity index is 3.00. The fourth-order valence-corrected chi connectivity index (χ4v) is 2.37. The van der Waals surface area contributed by atoms with Crippen molar-refractivity contribution in [3.05, 3.63) is 26.4 Å². The number of alkyl halides is 3. The quantitative estimate of drug-likeness (QED) is 0.688. The van der Waals surface area contributed by atoms with Crippen LogP contribution in [0, 0.1) is 0 Å².